The van der Waals surface area contributed by atoms with E-state index in [1.807, 2.05) is 0 Å². The first-order chi connectivity index (χ1) is 13.6. The third kappa shape index (κ3) is 4.70. The lowest BCUT2D eigenvalue weighted by Gasteiger charge is -2.30. The summed E-state index contributed by atoms with van der Waals surface area (Å²) in [5, 5.41) is 0. The number of anilines is 2. The highest BCUT2D eigenvalue weighted by Gasteiger charge is 2.31. The Hall–Kier alpha value is -2.59. The zero-order valence-electron chi connectivity index (χ0n) is 15.5. The molecular formula is C19H19F3N2O4S. The van der Waals surface area contributed by atoms with Crippen molar-refractivity contribution in [3.63, 3.8) is 0 Å². The van der Waals surface area contributed by atoms with E-state index in [-0.39, 0.29) is 23.1 Å². The number of alkyl halides is 3. The number of amides is 1. The number of halogens is 3. The first kappa shape index (κ1) is 21.1. The van der Waals surface area contributed by atoms with E-state index in [2.05, 4.69) is 4.72 Å². The number of fused-ring (bicyclic) bond motifs is 1. The summed E-state index contributed by atoms with van der Waals surface area (Å²) in [7, 11) is -2.68. The van der Waals surface area contributed by atoms with Gasteiger partial charge in [0.05, 0.1) is 16.1 Å². The topological polar surface area (TPSA) is 75.7 Å². The number of nitrogens with zero attached hydrogens (tertiary/aromatic N) is 1. The Morgan fingerprint density at radius 1 is 1.17 bits per heavy atom. The molecular weight excluding hydrogens is 409 g/mol. The normalized spacial score (nSPS) is 14.4. The monoisotopic (exact) mass is 428 g/mol. The van der Waals surface area contributed by atoms with Crippen molar-refractivity contribution in [2.24, 2.45) is 0 Å². The number of methoxy groups -OCH3 is 1. The van der Waals surface area contributed by atoms with Crippen molar-refractivity contribution in [1.82, 2.24) is 0 Å². The molecule has 1 N–H and O–H groups in total. The Labute approximate surface area is 166 Å². The maximum atomic E-state index is 12.7. The molecule has 0 saturated heterocycles. The number of carbonyl (C=O) groups excluding carboxylic acids is 1. The molecule has 0 spiro atoms. The van der Waals surface area contributed by atoms with Gasteiger partial charge in [-0.25, -0.2) is 8.42 Å². The summed E-state index contributed by atoms with van der Waals surface area (Å²) >= 11 is 0. The molecule has 1 heterocycles. The summed E-state index contributed by atoms with van der Waals surface area (Å²) in [4.78, 5) is 13.5. The van der Waals surface area contributed by atoms with E-state index in [0.717, 1.165) is 30.5 Å². The molecule has 0 radical (unpaired) electrons. The molecule has 10 heteroatoms. The first-order valence-electron chi connectivity index (χ1n) is 8.74. The van der Waals surface area contributed by atoms with E-state index < -0.39 is 21.8 Å². The van der Waals surface area contributed by atoms with Crippen molar-refractivity contribution in [2.45, 2.75) is 23.9 Å². The number of rotatable bonds is 5. The van der Waals surface area contributed by atoms with Crippen LogP contribution in [0.5, 0.6) is 0 Å². The fraction of sp³-hybridized carbons (Fsp3) is 0.316. The number of hydrogen-bond donors (Lipinski definition) is 1. The molecule has 0 fully saturated rings. The summed E-state index contributed by atoms with van der Waals surface area (Å²) in [5.41, 5.74) is 0.766. The summed E-state index contributed by atoms with van der Waals surface area (Å²) in [6.45, 7) is 0.394. The highest BCUT2D eigenvalue weighted by Crippen LogP contribution is 2.32. The minimum absolute atomic E-state index is 0.0963. The van der Waals surface area contributed by atoms with Gasteiger partial charge in [-0.2, -0.15) is 13.2 Å². The van der Waals surface area contributed by atoms with Gasteiger partial charge in [0, 0.05) is 19.3 Å². The van der Waals surface area contributed by atoms with Gasteiger partial charge in [-0.1, -0.05) is 6.07 Å². The van der Waals surface area contributed by atoms with Crippen molar-refractivity contribution < 1.29 is 31.1 Å². The fourth-order valence-electron chi connectivity index (χ4n) is 3.14. The molecule has 3 rings (SSSR count). The smallest absolute Gasteiger partial charge is 0.375 e. The van der Waals surface area contributed by atoms with Crippen LogP contribution in [0.3, 0.4) is 0 Å². The van der Waals surface area contributed by atoms with E-state index >= 15 is 0 Å². The van der Waals surface area contributed by atoms with Crippen LogP contribution in [-0.4, -0.2) is 34.6 Å². The number of ether oxygens (including phenoxy) is 1. The largest absolute Gasteiger partial charge is 0.416 e. The molecule has 1 aliphatic rings. The lowest BCUT2D eigenvalue weighted by Crippen LogP contribution is -2.37. The van der Waals surface area contributed by atoms with E-state index in [9.17, 15) is 26.4 Å². The third-order valence-electron chi connectivity index (χ3n) is 4.52. The summed E-state index contributed by atoms with van der Waals surface area (Å²) in [6.07, 6.45) is -3.02. The Kier molecular flexibility index (Phi) is 5.85. The van der Waals surface area contributed by atoms with Gasteiger partial charge in [-0.15, -0.1) is 0 Å². The number of nitrogens with one attached hydrogen (secondary N) is 1. The van der Waals surface area contributed by atoms with E-state index in [1.165, 1.54) is 12.0 Å². The molecule has 2 aromatic rings. The van der Waals surface area contributed by atoms with Gasteiger partial charge in [0.25, 0.3) is 15.9 Å². The second kappa shape index (κ2) is 8.03. The highest BCUT2D eigenvalue weighted by molar-refractivity contribution is 7.92. The van der Waals surface area contributed by atoms with Crippen molar-refractivity contribution in [1.29, 1.82) is 0 Å². The van der Waals surface area contributed by atoms with E-state index in [4.69, 9.17) is 4.74 Å². The van der Waals surface area contributed by atoms with Crippen LogP contribution in [0, 0.1) is 0 Å². The predicted molar refractivity (Wildman–Crippen MR) is 101 cm³/mol. The zero-order valence-corrected chi connectivity index (χ0v) is 16.3. The van der Waals surface area contributed by atoms with Gasteiger partial charge in [-0.3, -0.25) is 9.52 Å². The standard InChI is InChI=1S/C19H19F3N2O4S/c1-28-12-18(25)24-10-2-3-13-4-7-15(11-17(13)24)23-29(26,27)16-8-5-14(6-9-16)19(20,21)22/h4-9,11,23H,2-3,10,12H2,1H3. The van der Waals surface area contributed by atoms with Crippen molar-refractivity contribution >= 4 is 27.3 Å². The third-order valence-corrected chi connectivity index (χ3v) is 5.91. The zero-order chi connectivity index (χ0) is 21.2. The van der Waals surface area contributed by atoms with Crippen molar-refractivity contribution in [2.75, 3.05) is 29.9 Å². The minimum atomic E-state index is -4.55. The molecule has 29 heavy (non-hydrogen) atoms. The minimum Gasteiger partial charge on any atom is -0.375 e. The highest BCUT2D eigenvalue weighted by atomic mass is 32.2. The number of carbonyl (C=O) groups is 1. The van der Waals surface area contributed by atoms with Crippen LogP contribution in [0.15, 0.2) is 47.4 Å². The van der Waals surface area contributed by atoms with Crippen LogP contribution < -0.4 is 9.62 Å². The molecule has 0 saturated carbocycles. The summed E-state index contributed by atoms with van der Waals surface area (Å²) in [6, 6.07) is 8.07. The van der Waals surface area contributed by atoms with Crippen LogP contribution in [-0.2, 0) is 32.2 Å². The molecule has 6 nitrogen and oxygen atoms in total. The number of sulfonamides is 1. The van der Waals surface area contributed by atoms with E-state index in [1.54, 1.807) is 18.2 Å². The van der Waals surface area contributed by atoms with Crippen LogP contribution >= 0.6 is 0 Å². The SMILES string of the molecule is COCC(=O)N1CCCc2ccc(NS(=O)(=O)c3ccc(C(F)(F)F)cc3)cc21. The Morgan fingerprint density at radius 3 is 2.48 bits per heavy atom. The van der Waals surface area contributed by atoms with Gasteiger partial charge in [0.15, 0.2) is 0 Å². The summed E-state index contributed by atoms with van der Waals surface area (Å²) < 4.78 is 70.4. The molecule has 1 amide bonds. The average Bonchev–Trinajstić information content (AvgIpc) is 2.67. The second-order valence-corrected chi connectivity index (χ2v) is 8.24. The quantitative estimate of drug-likeness (QED) is 0.792. The number of hydrogen-bond acceptors (Lipinski definition) is 4. The number of aryl methyl sites for hydroxylation is 1. The van der Waals surface area contributed by atoms with Crippen molar-refractivity contribution in [3.8, 4) is 0 Å². The average molecular weight is 428 g/mol. The van der Waals surface area contributed by atoms with E-state index in [0.29, 0.717) is 24.4 Å². The molecule has 0 atom stereocenters. The maximum absolute atomic E-state index is 12.7. The van der Waals surface area contributed by atoms with Crippen LogP contribution in [0.4, 0.5) is 24.5 Å². The van der Waals surface area contributed by atoms with Gasteiger partial charge >= 0.3 is 6.18 Å². The Bertz CT molecular complexity index is 1010. The Balaban J connectivity index is 1.86. The first-order valence-corrected chi connectivity index (χ1v) is 10.2. The van der Waals surface area contributed by atoms with Crippen LogP contribution in [0.1, 0.15) is 17.5 Å². The second-order valence-electron chi connectivity index (χ2n) is 6.55. The van der Waals surface area contributed by atoms with Gasteiger partial charge in [0.1, 0.15) is 6.61 Å². The lowest BCUT2D eigenvalue weighted by atomic mass is 10.0. The van der Waals surface area contributed by atoms with Crippen molar-refractivity contribution in [3.05, 3.63) is 53.6 Å². The van der Waals surface area contributed by atoms with Crippen LogP contribution in [0.2, 0.25) is 0 Å². The molecule has 0 aromatic heterocycles. The molecule has 0 bridgehead atoms. The Morgan fingerprint density at radius 2 is 1.86 bits per heavy atom. The maximum Gasteiger partial charge on any atom is 0.416 e. The van der Waals surface area contributed by atoms with Gasteiger partial charge < -0.3 is 9.64 Å². The predicted octanol–water partition coefficient (Wildman–Crippen LogP) is 3.43. The fourth-order valence-corrected chi connectivity index (χ4v) is 4.19. The van der Waals surface area contributed by atoms with Crippen LogP contribution in [0.25, 0.3) is 0 Å². The molecule has 156 valence electrons. The molecule has 0 unspecified atom stereocenters. The van der Waals surface area contributed by atoms with Gasteiger partial charge in [-0.05, 0) is 54.8 Å². The molecule has 2 aromatic carbocycles. The summed E-state index contributed by atoms with van der Waals surface area (Å²) in [5.74, 6) is -0.240. The lowest BCUT2D eigenvalue weighted by molar-refractivity contribution is -0.137. The molecule has 0 aliphatic carbocycles. The number of benzene rings is 2. The molecule has 1 aliphatic heterocycles. The van der Waals surface area contributed by atoms with Gasteiger partial charge in [0.2, 0.25) is 0 Å².